The van der Waals surface area contributed by atoms with Gasteiger partial charge < -0.3 is 0 Å². The number of hydrogen-bond donors (Lipinski definition) is 0. The lowest BCUT2D eigenvalue weighted by Crippen LogP contribution is -2.27. The summed E-state index contributed by atoms with van der Waals surface area (Å²) >= 11 is 8.25. The Morgan fingerprint density at radius 1 is 1.39 bits per heavy atom. The van der Waals surface area contributed by atoms with E-state index < -0.39 is 0 Å². The Hall–Kier alpha value is -0.780. The Bertz CT molecular complexity index is 507. The van der Waals surface area contributed by atoms with Crippen molar-refractivity contribution in [2.75, 3.05) is 12.8 Å². The fourth-order valence-electron chi connectivity index (χ4n) is 1.62. The number of hydrogen-bond acceptors (Lipinski definition) is 4. The van der Waals surface area contributed by atoms with Gasteiger partial charge >= 0.3 is 0 Å². The summed E-state index contributed by atoms with van der Waals surface area (Å²) in [6.45, 7) is 2.56. The van der Waals surface area contributed by atoms with Crippen molar-refractivity contribution in [3.63, 3.8) is 0 Å². The molecule has 1 aliphatic rings. The van der Waals surface area contributed by atoms with Crippen molar-refractivity contribution in [2.45, 2.75) is 11.8 Å². The molecular formula is C13H13NOS3. The number of amides is 1. The molecule has 18 heavy (non-hydrogen) atoms. The van der Waals surface area contributed by atoms with Crippen LogP contribution in [0.3, 0.4) is 0 Å². The molecule has 1 fully saturated rings. The van der Waals surface area contributed by atoms with Gasteiger partial charge in [0.05, 0.1) is 4.91 Å². The van der Waals surface area contributed by atoms with Crippen LogP contribution in [0.2, 0.25) is 0 Å². The van der Waals surface area contributed by atoms with Gasteiger partial charge in [-0.25, -0.2) is 0 Å². The molecular weight excluding hydrogens is 282 g/mol. The van der Waals surface area contributed by atoms with Gasteiger partial charge in [-0.15, -0.1) is 11.8 Å². The van der Waals surface area contributed by atoms with Crippen LogP contribution in [0.5, 0.6) is 0 Å². The monoisotopic (exact) mass is 295 g/mol. The highest BCUT2D eigenvalue weighted by Gasteiger charge is 2.30. The number of thioether (sulfide) groups is 2. The molecule has 0 N–H and O–H groups in total. The highest BCUT2D eigenvalue weighted by molar-refractivity contribution is 8.26. The predicted molar refractivity (Wildman–Crippen MR) is 83.8 cm³/mol. The molecule has 1 aliphatic heterocycles. The first-order chi connectivity index (χ1) is 8.65. The molecule has 0 radical (unpaired) electrons. The maximum absolute atomic E-state index is 12.0. The van der Waals surface area contributed by atoms with Crippen molar-refractivity contribution < 1.29 is 4.79 Å². The van der Waals surface area contributed by atoms with Gasteiger partial charge in [-0.05, 0) is 37.0 Å². The first-order valence-electron chi connectivity index (χ1n) is 5.55. The second kappa shape index (κ2) is 5.91. The van der Waals surface area contributed by atoms with E-state index in [1.165, 1.54) is 16.7 Å². The fourth-order valence-corrected chi connectivity index (χ4v) is 3.42. The van der Waals surface area contributed by atoms with Crippen LogP contribution in [-0.2, 0) is 4.79 Å². The second-order valence-electron chi connectivity index (χ2n) is 3.70. The Morgan fingerprint density at radius 3 is 2.56 bits per heavy atom. The molecule has 0 bridgehead atoms. The summed E-state index contributed by atoms with van der Waals surface area (Å²) < 4.78 is 0.648. The van der Waals surface area contributed by atoms with Crippen LogP contribution in [0, 0.1) is 0 Å². The molecule has 0 spiro atoms. The lowest BCUT2D eigenvalue weighted by molar-refractivity contribution is -0.121. The van der Waals surface area contributed by atoms with E-state index in [0.29, 0.717) is 15.8 Å². The normalized spacial score (nSPS) is 17.9. The minimum absolute atomic E-state index is 0.0152. The van der Waals surface area contributed by atoms with Crippen LogP contribution < -0.4 is 0 Å². The lowest BCUT2D eigenvalue weighted by Gasteiger charge is -2.09. The second-order valence-corrected chi connectivity index (χ2v) is 6.25. The zero-order valence-electron chi connectivity index (χ0n) is 10.2. The molecule has 5 heteroatoms. The number of rotatable bonds is 3. The third kappa shape index (κ3) is 2.79. The van der Waals surface area contributed by atoms with Crippen LogP contribution in [0.1, 0.15) is 12.5 Å². The number of thiocarbonyl (C=S) groups is 1. The average Bonchev–Trinajstić information content (AvgIpc) is 2.65. The van der Waals surface area contributed by atoms with Gasteiger partial charge in [0.1, 0.15) is 4.32 Å². The van der Waals surface area contributed by atoms with Gasteiger partial charge in [0.2, 0.25) is 0 Å². The summed E-state index contributed by atoms with van der Waals surface area (Å²) in [5, 5.41) is 0. The van der Waals surface area contributed by atoms with Crippen LogP contribution in [0.25, 0.3) is 6.08 Å². The number of benzene rings is 1. The topological polar surface area (TPSA) is 20.3 Å². The molecule has 0 unspecified atom stereocenters. The van der Waals surface area contributed by atoms with Gasteiger partial charge in [-0.2, -0.15) is 0 Å². The molecule has 0 atom stereocenters. The summed E-state index contributed by atoms with van der Waals surface area (Å²) in [6.07, 6.45) is 3.94. The quantitative estimate of drug-likeness (QED) is 0.482. The van der Waals surface area contributed by atoms with Crippen molar-refractivity contribution in [1.82, 2.24) is 4.90 Å². The van der Waals surface area contributed by atoms with Crippen molar-refractivity contribution in [3.05, 3.63) is 34.7 Å². The van der Waals surface area contributed by atoms with E-state index in [-0.39, 0.29) is 5.91 Å². The molecule has 1 aromatic carbocycles. The van der Waals surface area contributed by atoms with Crippen LogP contribution in [0.4, 0.5) is 0 Å². The van der Waals surface area contributed by atoms with Crippen molar-refractivity contribution >= 4 is 52.0 Å². The molecule has 2 rings (SSSR count). The maximum Gasteiger partial charge on any atom is 0.266 e. The zero-order chi connectivity index (χ0) is 13.1. The minimum atomic E-state index is 0.0152. The van der Waals surface area contributed by atoms with Gasteiger partial charge in [0, 0.05) is 11.4 Å². The average molecular weight is 295 g/mol. The van der Waals surface area contributed by atoms with E-state index >= 15 is 0 Å². The molecule has 1 heterocycles. The number of carbonyl (C=O) groups is 1. The maximum atomic E-state index is 12.0. The number of carbonyl (C=O) groups excluding carboxylic acids is 1. The predicted octanol–water partition coefficient (Wildman–Crippen LogP) is 3.63. The van der Waals surface area contributed by atoms with Gasteiger partial charge in [-0.3, -0.25) is 9.69 Å². The van der Waals surface area contributed by atoms with Crippen LogP contribution in [-0.4, -0.2) is 27.9 Å². The standard InChI is InChI=1S/C13H13NOS3/c1-3-14-12(15)11(18-13(14)16)8-9-4-6-10(17-2)7-5-9/h4-8H,3H2,1-2H3/b11-8+. The molecule has 0 saturated carbocycles. The van der Waals surface area contributed by atoms with Gasteiger partial charge in [-0.1, -0.05) is 36.1 Å². The Kier molecular flexibility index (Phi) is 4.48. The van der Waals surface area contributed by atoms with Gasteiger partial charge in [0.25, 0.3) is 5.91 Å². The zero-order valence-corrected chi connectivity index (χ0v) is 12.6. The summed E-state index contributed by atoms with van der Waals surface area (Å²) in [4.78, 5) is 15.6. The first-order valence-corrected chi connectivity index (χ1v) is 8.00. The van der Waals surface area contributed by atoms with E-state index in [1.54, 1.807) is 16.7 Å². The van der Waals surface area contributed by atoms with Crippen LogP contribution >= 0.6 is 35.7 Å². The summed E-state index contributed by atoms with van der Waals surface area (Å²) in [5.74, 6) is 0.0152. The molecule has 0 aromatic heterocycles. The first kappa shape index (κ1) is 13.6. The molecule has 94 valence electrons. The Labute approximate surface area is 121 Å². The summed E-state index contributed by atoms with van der Waals surface area (Å²) in [5.41, 5.74) is 1.03. The third-order valence-electron chi connectivity index (χ3n) is 2.60. The highest BCUT2D eigenvalue weighted by Crippen LogP contribution is 2.32. The molecule has 2 nitrogen and oxygen atoms in total. The van der Waals surface area contributed by atoms with Crippen molar-refractivity contribution in [1.29, 1.82) is 0 Å². The fraction of sp³-hybridized carbons (Fsp3) is 0.231. The number of nitrogens with zero attached hydrogens (tertiary/aromatic N) is 1. The Morgan fingerprint density at radius 2 is 2.06 bits per heavy atom. The highest BCUT2D eigenvalue weighted by atomic mass is 32.2. The molecule has 0 aliphatic carbocycles. The SMILES string of the molecule is CCN1C(=O)/C(=C\c2ccc(SC)cc2)SC1=S. The summed E-state index contributed by atoms with van der Waals surface area (Å²) in [6, 6.07) is 8.14. The smallest absolute Gasteiger partial charge is 0.266 e. The summed E-state index contributed by atoms with van der Waals surface area (Å²) in [7, 11) is 0. The van der Waals surface area contributed by atoms with E-state index in [2.05, 4.69) is 12.1 Å². The van der Waals surface area contributed by atoms with E-state index in [0.717, 1.165) is 5.56 Å². The molecule has 1 aromatic rings. The van der Waals surface area contributed by atoms with Crippen molar-refractivity contribution in [3.8, 4) is 0 Å². The largest absolute Gasteiger partial charge is 0.293 e. The number of likely N-dealkylation sites (N-methyl/N-ethyl adjacent to an activating group) is 1. The molecule has 1 saturated heterocycles. The lowest BCUT2D eigenvalue weighted by atomic mass is 10.2. The third-order valence-corrected chi connectivity index (χ3v) is 4.72. The minimum Gasteiger partial charge on any atom is -0.293 e. The van der Waals surface area contributed by atoms with Crippen molar-refractivity contribution in [2.24, 2.45) is 0 Å². The molecule has 1 amide bonds. The van der Waals surface area contributed by atoms with E-state index in [1.807, 2.05) is 31.4 Å². The van der Waals surface area contributed by atoms with Crippen LogP contribution in [0.15, 0.2) is 34.1 Å². The Balaban J connectivity index is 2.23. The van der Waals surface area contributed by atoms with E-state index in [4.69, 9.17) is 12.2 Å². The van der Waals surface area contributed by atoms with E-state index in [9.17, 15) is 4.79 Å². The van der Waals surface area contributed by atoms with Gasteiger partial charge in [0.15, 0.2) is 0 Å².